The van der Waals surface area contributed by atoms with Crippen LogP contribution in [0.3, 0.4) is 0 Å². The van der Waals surface area contributed by atoms with Gasteiger partial charge < -0.3 is 10.6 Å². The van der Waals surface area contributed by atoms with Gasteiger partial charge in [0, 0.05) is 44.0 Å². The van der Waals surface area contributed by atoms with Gasteiger partial charge in [0.05, 0.1) is 0 Å². The zero-order chi connectivity index (χ0) is 14.4. The summed E-state index contributed by atoms with van der Waals surface area (Å²) < 4.78 is 0. The van der Waals surface area contributed by atoms with Crippen LogP contribution in [0, 0.1) is 6.92 Å². The van der Waals surface area contributed by atoms with Crippen molar-refractivity contribution in [2.75, 3.05) is 37.6 Å². The summed E-state index contributed by atoms with van der Waals surface area (Å²) in [7, 11) is 0. The molecule has 5 nitrogen and oxygen atoms in total. The van der Waals surface area contributed by atoms with Gasteiger partial charge in [-0.1, -0.05) is 6.92 Å². The Kier molecular flexibility index (Phi) is 5.73. The van der Waals surface area contributed by atoms with E-state index in [0.29, 0.717) is 6.04 Å². The highest BCUT2D eigenvalue weighted by Crippen LogP contribution is 2.16. The number of nitrogens with two attached hydrogens (primary N) is 1. The maximum Gasteiger partial charge on any atom is 0.132 e. The quantitative estimate of drug-likeness (QED) is 0.882. The van der Waals surface area contributed by atoms with Gasteiger partial charge in [-0.2, -0.15) is 0 Å². The van der Waals surface area contributed by atoms with E-state index in [0.717, 1.165) is 44.1 Å². The molecular weight excluding hydrogens is 250 g/mol. The Labute approximate surface area is 122 Å². The van der Waals surface area contributed by atoms with E-state index in [2.05, 4.69) is 32.8 Å². The molecule has 2 N–H and O–H groups in total. The van der Waals surface area contributed by atoms with E-state index in [9.17, 15) is 0 Å². The molecule has 2 rings (SSSR count). The molecule has 0 amide bonds. The molecule has 0 radical (unpaired) electrons. The van der Waals surface area contributed by atoms with Crippen molar-refractivity contribution in [1.82, 2.24) is 14.9 Å². The highest BCUT2D eigenvalue weighted by molar-refractivity contribution is 5.38. The van der Waals surface area contributed by atoms with Gasteiger partial charge >= 0.3 is 0 Å². The third-order valence-electron chi connectivity index (χ3n) is 4.13. The molecular formula is C15H27N5. The summed E-state index contributed by atoms with van der Waals surface area (Å²) in [6.07, 6.45) is 5.13. The van der Waals surface area contributed by atoms with Crippen molar-refractivity contribution in [3.8, 4) is 0 Å². The zero-order valence-corrected chi connectivity index (χ0v) is 12.8. The lowest BCUT2D eigenvalue weighted by Gasteiger charge is -2.29. The van der Waals surface area contributed by atoms with Crippen molar-refractivity contribution in [2.24, 2.45) is 5.73 Å². The van der Waals surface area contributed by atoms with E-state index in [1.807, 2.05) is 6.92 Å². The van der Waals surface area contributed by atoms with Crippen molar-refractivity contribution in [1.29, 1.82) is 0 Å². The number of hydrogen-bond donors (Lipinski definition) is 1. The standard InChI is InChI=1S/C15H27N5/c1-3-14(5-6-16)19-7-4-8-20(10-9-19)15-11-13(2)17-12-18-15/h11-12,14H,3-10,16H2,1-2H3. The number of hydrogen-bond acceptors (Lipinski definition) is 5. The molecule has 1 aliphatic rings. The van der Waals surface area contributed by atoms with Crippen LogP contribution in [0.5, 0.6) is 0 Å². The monoisotopic (exact) mass is 277 g/mol. The van der Waals surface area contributed by atoms with E-state index in [4.69, 9.17) is 5.73 Å². The fraction of sp³-hybridized carbons (Fsp3) is 0.733. The van der Waals surface area contributed by atoms with Gasteiger partial charge in [-0.05, 0) is 32.7 Å². The minimum atomic E-state index is 0.632. The zero-order valence-electron chi connectivity index (χ0n) is 12.8. The van der Waals surface area contributed by atoms with Gasteiger partial charge in [0.25, 0.3) is 0 Å². The molecule has 1 aromatic rings. The summed E-state index contributed by atoms with van der Waals surface area (Å²) in [6, 6.07) is 2.71. The van der Waals surface area contributed by atoms with Crippen molar-refractivity contribution < 1.29 is 0 Å². The molecule has 0 spiro atoms. The van der Waals surface area contributed by atoms with Crippen LogP contribution in [0.15, 0.2) is 12.4 Å². The molecule has 1 unspecified atom stereocenters. The van der Waals surface area contributed by atoms with Crippen LogP contribution in [0.4, 0.5) is 5.82 Å². The summed E-state index contributed by atoms with van der Waals surface area (Å²) in [4.78, 5) is 13.6. The molecule has 1 fully saturated rings. The second-order valence-electron chi connectivity index (χ2n) is 5.53. The van der Waals surface area contributed by atoms with Gasteiger partial charge in [-0.3, -0.25) is 4.90 Å². The number of anilines is 1. The Bertz CT molecular complexity index is 409. The molecule has 0 saturated carbocycles. The molecule has 1 saturated heterocycles. The highest BCUT2D eigenvalue weighted by atomic mass is 15.3. The first-order chi connectivity index (χ1) is 9.74. The van der Waals surface area contributed by atoms with Crippen LogP contribution in [0.1, 0.15) is 31.9 Å². The van der Waals surface area contributed by atoms with Crippen LogP contribution >= 0.6 is 0 Å². The van der Waals surface area contributed by atoms with E-state index in [1.54, 1.807) is 6.33 Å². The number of aromatic nitrogens is 2. The van der Waals surface area contributed by atoms with Gasteiger partial charge in [-0.15, -0.1) is 0 Å². The van der Waals surface area contributed by atoms with E-state index >= 15 is 0 Å². The molecule has 0 aliphatic carbocycles. The normalized spacial score (nSPS) is 18.9. The predicted octanol–water partition coefficient (Wildman–Crippen LogP) is 1.42. The lowest BCUT2D eigenvalue weighted by Crippen LogP contribution is -2.39. The number of rotatable bonds is 5. The summed E-state index contributed by atoms with van der Waals surface area (Å²) in [6.45, 7) is 9.44. The molecule has 1 atom stereocenters. The topological polar surface area (TPSA) is 58.3 Å². The van der Waals surface area contributed by atoms with E-state index in [-0.39, 0.29) is 0 Å². The summed E-state index contributed by atoms with van der Waals surface area (Å²) in [5.41, 5.74) is 6.76. The number of nitrogens with zero attached hydrogens (tertiary/aromatic N) is 4. The van der Waals surface area contributed by atoms with Crippen molar-refractivity contribution >= 4 is 5.82 Å². The lowest BCUT2D eigenvalue weighted by molar-refractivity contribution is 0.196. The largest absolute Gasteiger partial charge is 0.355 e. The van der Waals surface area contributed by atoms with Crippen LogP contribution in [0.25, 0.3) is 0 Å². The second kappa shape index (κ2) is 7.55. The van der Waals surface area contributed by atoms with Crippen molar-refractivity contribution in [3.63, 3.8) is 0 Å². The van der Waals surface area contributed by atoms with Crippen LogP contribution < -0.4 is 10.6 Å². The summed E-state index contributed by atoms with van der Waals surface area (Å²) in [5.74, 6) is 1.06. The Morgan fingerprint density at radius 1 is 1.25 bits per heavy atom. The van der Waals surface area contributed by atoms with Crippen molar-refractivity contribution in [3.05, 3.63) is 18.1 Å². The van der Waals surface area contributed by atoms with Gasteiger partial charge in [0.15, 0.2) is 0 Å². The smallest absolute Gasteiger partial charge is 0.132 e. The van der Waals surface area contributed by atoms with E-state index in [1.165, 1.54) is 19.4 Å². The third kappa shape index (κ3) is 3.90. The Balaban J connectivity index is 1.98. The molecule has 1 aromatic heterocycles. The van der Waals surface area contributed by atoms with Crippen molar-refractivity contribution in [2.45, 2.75) is 39.2 Å². The first kappa shape index (κ1) is 15.2. The first-order valence-corrected chi connectivity index (χ1v) is 7.72. The van der Waals surface area contributed by atoms with Crippen LogP contribution in [0.2, 0.25) is 0 Å². The SMILES string of the molecule is CCC(CCN)N1CCCN(c2cc(C)ncn2)CC1. The van der Waals surface area contributed by atoms with Crippen LogP contribution in [-0.2, 0) is 0 Å². The van der Waals surface area contributed by atoms with Crippen LogP contribution in [-0.4, -0.2) is 53.6 Å². The van der Waals surface area contributed by atoms with Gasteiger partial charge in [0.2, 0.25) is 0 Å². The molecule has 5 heteroatoms. The first-order valence-electron chi connectivity index (χ1n) is 7.72. The summed E-state index contributed by atoms with van der Waals surface area (Å²) in [5, 5.41) is 0. The molecule has 0 bridgehead atoms. The Hall–Kier alpha value is -1.20. The fourth-order valence-electron chi connectivity index (χ4n) is 2.98. The van der Waals surface area contributed by atoms with Gasteiger partial charge in [-0.25, -0.2) is 9.97 Å². The Morgan fingerprint density at radius 2 is 2.10 bits per heavy atom. The van der Waals surface area contributed by atoms with Gasteiger partial charge in [0.1, 0.15) is 12.1 Å². The second-order valence-corrected chi connectivity index (χ2v) is 5.53. The maximum absolute atomic E-state index is 5.73. The molecule has 2 heterocycles. The molecule has 1 aliphatic heterocycles. The highest BCUT2D eigenvalue weighted by Gasteiger charge is 2.21. The summed E-state index contributed by atoms with van der Waals surface area (Å²) >= 11 is 0. The molecule has 112 valence electrons. The lowest BCUT2D eigenvalue weighted by atomic mass is 10.1. The third-order valence-corrected chi connectivity index (χ3v) is 4.13. The minimum absolute atomic E-state index is 0.632. The minimum Gasteiger partial charge on any atom is -0.355 e. The van der Waals surface area contributed by atoms with E-state index < -0.39 is 0 Å². The molecule has 20 heavy (non-hydrogen) atoms. The Morgan fingerprint density at radius 3 is 2.80 bits per heavy atom. The number of aryl methyl sites for hydroxylation is 1. The maximum atomic E-state index is 5.73. The molecule has 0 aromatic carbocycles. The fourth-order valence-corrected chi connectivity index (χ4v) is 2.98. The average molecular weight is 277 g/mol. The predicted molar refractivity (Wildman–Crippen MR) is 82.9 cm³/mol. The average Bonchev–Trinajstić information content (AvgIpc) is 2.70.